The molecule has 0 aromatic carbocycles. The van der Waals surface area contributed by atoms with Crippen LogP contribution in [0.4, 0.5) is 0 Å². The summed E-state index contributed by atoms with van der Waals surface area (Å²) in [5, 5.41) is 42.1. The molecule has 0 unspecified atom stereocenters. The van der Waals surface area contributed by atoms with Gasteiger partial charge in [-0.25, -0.2) is 0 Å². The molecule has 10 aliphatic carbocycles. The molecule has 3 N–H and O–H groups in total. The van der Waals surface area contributed by atoms with E-state index in [1.165, 1.54) is 96.8 Å². The number of fused-ring (bicyclic) bond motifs is 8. The number of carbonyl (C=O) groups is 2. The second-order valence-electron chi connectivity index (χ2n) is 40.6. The van der Waals surface area contributed by atoms with Crippen LogP contribution in [0.3, 0.4) is 0 Å². The molecule has 16 nitrogen and oxygen atoms in total. The molecule has 4 saturated heterocycles. The third-order valence-electron chi connectivity index (χ3n) is 35.4. The Morgan fingerprint density at radius 3 is 1.23 bits per heavy atom. The third kappa shape index (κ3) is 15.2. The standard InChI is InChI=1S/C43H74O7Si.C41H72O6Si.CH2O3.2CH4.2K.H/c1-12-51(13-2,14-3)50-37-35-34(27(4)25-29(48-35)36(39(8,9)45)47-28(5)44)40(10)22-23-43-26-42(43)21-20-32(49-33-17-15-16-24-46-33)38(6,7)30(42)18-19-31(43)41(37,40)11;1-11-48(12-2,13-3)47-35-33-32(26(4)24-27(45-33)34(42)37(7,8)43)38(9)21-22-41-25-40(41)20-19-30(46-31-16-14-15-23-44-31)36(5,6)28(40)17-18-29(41)39(35,38)10;2-1-4-3;;;;;/h27,29-37,45H,12-26H2,1-11H3;26-35,42-43H,11-25H2,1-10H3;1,3H;2*1H4;;;/q;;;;;2*+1;-1/p-1/t27-,29-,30+,31+,32+,33+,34+,35+,36+,37+,40-,41-,42-,43+;26-,27-,28+,29+,30+,31+,32+,33+,34+,35+,38-,39-,40-,41+;;;;;;/m11....../s1. The maximum atomic E-state index is 12.4. The molecule has 14 fully saturated rings. The Morgan fingerprint density at radius 2 is 0.907 bits per heavy atom. The number of rotatable bonds is 20. The SMILES string of the molecule is C.C.CC[Si](CC)(CC)O[C@H]1[C@H]2O[C@@H]([C@H](O)C(C)(C)O)C[C@@H](C)[C@@H]2[C@@]2(C)CC[C@@]34C[C@@]35CC[C@H](O[C@H]3CCCCO3)C(C)(C)[C@@H]5CC[C@H]4[C@]12C.CC[Si](CC)(CC)O[C@H]1[C@H]2O[C@@H]([C@H](OC(C)=O)C(C)(C)O)C[C@@H](C)[C@@H]2[C@@]2(C)CC[C@@]34C[C@@]35CC[C@H](O[C@H]3CCCCO3)C(C)(C)[C@@H]5CC[C@H]4[C@]12C.O=CO[O-].[H-].[K+].[K+]. The number of esters is 1. The molecule has 28 atom stereocenters. The van der Waals surface area contributed by atoms with E-state index in [2.05, 4.69) is 116 Å². The average Bonchev–Trinajstić information content (AvgIpc) is 1.46. The van der Waals surface area contributed by atoms with Crippen LogP contribution in [0.2, 0.25) is 36.3 Å². The van der Waals surface area contributed by atoms with Gasteiger partial charge in [0.25, 0.3) is 6.47 Å². The van der Waals surface area contributed by atoms with Crippen LogP contribution < -0.4 is 108 Å². The van der Waals surface area contributed by atoms with Crippen molar-refractivity contribution in [1.82, 2.24) is 0 Å². The molecule has 20 heteroatoms. The van der Waals surface area contributed by atoms with Gasteiger partial charge >= 0.3 is 109 Å². The Bertz CT molecular complexity index is 2960. The summed E-state index contributed by atoms with van der Waals surface area (Å²) in [7, 11) is -4.05. The first-order chi connectivity index (χ1) is 48.3. The van der Waals surface area contributed by atoms with Gasteiger partial charge in [0.15, 0.2) is 35.3 Å². The molecule has 0 amide bonds. The van der Waals surface area contributed by atoms with Crippen molar-refractivity contribution in [2.24, 2.45) is 101 Å². The summed E-state index contributed by atoms with van der Waals surface area (Å²) in [6.07, 6.45) is 24.3. The normalized spacial score (nSPS) is 45.7. The van der Waals surface area contributed by atoms with E-state index in [9.17, 15) is 20.1 Å². The fraction of sp³-hybridized carbons (Fsp3) is 0.977. The molecule has 4 heterocycles. The number of carbonyl (C=O) groups excluding carboxylic acids is 2. The maximum absolute atomic E-state index is 12.4. The zero-order chi connectivity index (χ0) is 75.1. The van der Waals surface area contributed by atoms with Crippen LogP contribution in [0.1, 0.15) is 303 Å². The van der Waals surface area contributed by atoms with E-state index in [-0.39, 0.29) is 225 Å². The smallest absolute Gasteiger partial charge is 1.00 e. The van der Waals surface area contributed by atoms with E-state index in [4.69, 9.17) is 52.1 Å². The molecular weight excluding hydrogens is 1440 g/mol. The Balaban J connectivity index is 0.000000275. The molecule has 0 aromatic rings. The molecular formula is C87H156K2O16Si2. The van der Waals surface area contributed by atoms with E-state index >= 15 is 0 Å². The van der Waals surface area contributed by atoms with Gasteiger partial charge in [0.1, 0.15) is 6.10 Å². The van der Waals surface area contributed by atoms with Crippen LogP contribution in [0, 0.1) is 101 Å². The molecule has 4 aliphatic heterocycles. The second-order valence-corrected chi connectivity index (χ2v) is 50.0. The van der Waals surface area contributed by atoms with E-state index in [1.54, 1.807) is 27.7 Å². The monoisotopic (exact) mass is 1590 g/mol. The van der Waals surface area contributed by atoms with Crippen molar-refractivity contribution in [3.05, 3.63) is 0 Å². The van der Waals surface area contributed by atoms with Gasteiger partial charge in [-0.05, 0) is 296 Å². The number of ether oxygens (including phenoxy) is 7. The summed E-state index contributed by atoms with van der Waals surface area (Å²) in [6.45, 7) is 49.7. The van der Waals surface area contributed by atoms with E-state index in [0.717, 1.165) is 101 Å². The Morgan fingerprint density at radius 1 is 0.551 bits per heavy atom. The summed E-state index contributed by atoms with van der Waals surface area (Å²) < 4.78 is 62.1. The van der Waals surface area contributed by atoms with Gasteiger partial charge in [-0.2, -0.15) is 0 Å². The van der Waals surface area contributed by atoms with Gasteiger partial charge in [-0.15, -0.1) is 0 Å². The van der Waals surface area contributed by atoms with Gasteiger partial charge in [0, 0.05) is 31.0 Å². The molecule has 4 spiro atoms. The van der Waals surface area contributed by atoms with Crippen LogP contribution in [0.15, 0.2) is 0 Å². The van der Waals surface area contributed by atoms with Crippen molar-refractivity contribution in [3.8, 4) is 0 Å². The van der Waals surface area contributed by atoms with Crippen LogP contribution in [0.5, 0.6) is 0 Å². The van der Waals surface area contributed by atoms with Crippen LogP contribution in [0.25, 0.3) is 0 Å². The van der Waals surface area contributed by atoms with Gasteiger partial charge in [-0.1, -0.05) is 126 Å². The first kappa shape index (κ1) is 94.6. The predicted molar refractivity (Wildman–Crippen MR) is 417 cm³/mol. The van der Waals surface area contributed by atoms with Gasteiger partial charge in [0.2, 0.25) is 0 Å². The van der Waals surface area contributed by atoms with Gasteiger partial charge in [-0.3, -0.25) is 9.59 Å². The summed E-state index contributed by atoms with van der Waals surface area (Å²) in [5.41, 5.74) is -0.456. The third-order valence-corrected chi connectivity index (χ3v) is 44.7. The van der Waals surface area contributed by atoms with Crippen molar-refractivity contribution in [3.63, 3.8) is 0 Å². The quantitative estimate of drug-likeness (QED) is 0.0258. The molecule has 610 valence electrons. The number of hydrogen-bond acceptors (Lipinski definition) is 16. The molecule has 10 saturated carbocycles. The molecule has 0 aromatic heterocycles. The molecule has 107 heavy (non-hydrogen) atoms. The topological polar surface area (TPSA) is 210 Å². The second kappa shape index (κ2) is 34.4. The number of hydrogen-bond donors (Lipinski definition) is 3. The fourth-order valence-corrected chi connectivity index (χ4v) is 35.5. The van der Waals surface area contributed by atoms with Gasteiger partial charge < -0.3 is 68.9 Å². The Hall–Kier alpha value is 2.17. The predicted octanol–water partition coefficient (Wildman–Crippen LogP) is 12.1. The van der Waals surface area contributed by atoms with E-state index < -0.39 is 40.0 Å². The molecule has 14 aliphatic rings. The number of aliphatic hydroxyl groups excluding tert-OH is 1. The van der Waals surface area contributed by atoms with Crippen molar-refractivity contribution in [2.45, 2.75) is 423 Å². The van der Waals surface area contributed by atoms with Gasteiger partial charge in [0.05, 0.1) is 60.0 Å². The Kier molecular flexibility index (Phi) is 30.4. The van der Waals surface area contributed by atoms with Crippen LogP contribution in [-0.4, -0.2) is 142 Å². The molecule has 14 rings (SSSR count). The summed E-state index contributed by atoms with van der Waals surface area (Å²) in [4.78, 5) is 23.6. The largest absolute Gasteiger partial charge is 1.00 e. The first-order valence-corrected chi connectivity index (χ1v) is 47.6. The van der Waals surface area contributed by atoms with Crippen LogP contribution in [-0.2, 0) is 56.5 Å². The summed E-state index contributed by atoms with van der Waals surface area (Å²) in [5.74, 6) is 3.73. The number of aliphatic hydroxyl groups is 3. The first-order valence-electron chi connectivity index (χ1n) is 42.5. The molecule has 0 bridgehead atoms. The minimum Gasteiger partial charge on any atom is -1.00 e. The van der Waals surface area contributed by atoms with Crippen molar-refractivity contribution in [1.29, 1.82) is 0 Å². The average molecular weight is 1590 g/mol. The summed E-state index contributed by atoms with van der Waals surface area (Å²) in [6, 6.07) is 6.74. The van der Waals surface area contributed by atoms with Crippen molar-refractivity contribution >= 4 is 29.1 Å². The Labute approximate surface area is 739 Å². The minimum absolute atomic E-state index is 0. The maximum Gasteiger partial charge on any atom is 1.00 e. The van der Waals surface area contributed by atoms with E-state index in [0.29, 0.717) is 69.0 Å². The van der Waals surface area contributed by atoms with Crippen LogP contribution >= 0.6 is 0 Å². The fourth-order valence-electron chi connectivity index (χ4n) is 29.7. The minimum atomic E-state index is -2.05. The van der Waals surface area contributed by atoms with Crippen molar-refractivity contribution in [2.75, 3.05) is 13.2 Å². The zero-order valence-corrected chi connectivity index (χ0v) is 78.7. The summed E-state index contributed by atoms with van der Waals surface area (Å²) >= 11 is 0. The zero-order valence-electron chi connectivity index (χ0n) is 71.5. The molecule has 0 radical (unpaired) electrons. The van der Waals surface area contributed by atoms with E-state index in [1.807, 2.05) is 0 Å². The van der Waals surface area contributed by atoms with Crippen molar-refractivity contribution < 1.29 is 181 Å².